The highest BCUT2D eigenvalue weighted by atomic mass is 15.5. The number of hydrogen-bond acceptors (Lipinski definition) is 3. The third-order valence-electron chi connectivity index (χ3n) is 14.5. The Labute approximate surface area is 373 Å². The zero-order valence-corrected chi connectivity index (χ0v) is 39.0. The number of nitrogens with one attached hydrogen (secondary N) is 2. The van der Waals surface area contributed by atoms with Crippen molar-refractivity contribution < 1.29 is 0 Å². The summed E-state index contributed by atoms with van der Waals surface area (Å²) in [5.41, 5.74) is 18.3. The number of rotatable bonds is 7. The highest BCUT2D eigenvalue weighted by Crippen LogP contribution is 2.54. The van der Waals surface area contributed by atoms with Gasteiger partial charge in [0, 0.05) is 21.6 Å². The lowest BCUT2D eigenvalue weighted by molar-refractivity contribution is 0.660. The van der Waals surface area contributed by atoms with Crippen LogP contribution in [-0.4, -0.2) is 22.3 Å². The molecule has 1 saturated heterocycles. The molecule has 2 heterocycles. The number of anilines is 2. The van der Waals surface area contributed by atoms with Gasteiger partial charge in [0.1, 0.15) is 0 Å². The van der Waals surface area contributed by atoms with Crippen molar-refractivity contribution in [3.63, 3.8) is 0 Å². The predicted molar refractivity (Wildman–Crippen MR) is 267 cm³/mol. The van der Waals surface area contributed by atoms with Crippen molar-refractivity contribution in [1.82, 2.24) is 4.68 Å². The van der Waals surface area contributed by atoms with Crippen LogP contribution in [0.3, 0.4) is 0 Å². The fraction of sp³-hybridized carbons (Fsp3) is 0.316. The molecule has 6 heteroatoms. The Kier molecular flexibility index (Phi) is 9.14. The molecule has 6 nitrogen and oxygen atoms in total. The van der Waals surface area contributed by atoms with Crippen LogP contribution < -0.4 is 9.80 Å². The summed E-state index contributed by atoms with van der Waals surface area (Å²) >= 11 is 0. The van der Waals surface area contributed by atoms with Crippen molar-refractivity contribution in [2.24, 2.45) is 5.10 Å². The smallest absolute Gasteiger partial charge is 0.240 e. The van der Waals surface area contributed by atoms with E-state index in [0.717, 1.165) is 55.4 Å². The summed E-state index contributed by atoms with van der Waals surface area (Å²) in [6.07, 6.45) is 0. The molecule has 1 aliphatic heterocycles. The number of nitrogens with zero attached hydrogens (tertiary/aromatic N) is 4. The first kappa shape index (κ1) is 40.8. The van der Waals surface area contributed by atoms with Crippen molar-refractivity contribution in [3.05, 3.63) is 154 Å². The molecule has 0 saturated carbocycles. The minimum absolute atomic E-state index is 0.118. The Morgan fingerprint density at radius 3 is 1.13 bits per heavy atom. The number of para-hydroxylation sites is 2. The zero-order chi connectivity index (χ0) is 44.6. The molecule has 3 aliphatic rings. The van der Waals surface area contributed by atoms with Crippen molar-refractivity contribution in [1.29, 1.82) is 10.8 Å². The molecule has 2 N–H and O–H groups in total. The maximum Gasteiger partial charge on any atom is 0.240 e. The lowest BCUT2D eigenvalue weighted by atomic mass is 9.82. The first-order valence-electron chi connectivity index (χ1n) is 22.9. The van der Waals surface area contributed by atoms with Crippen molar-refractivity contribution >= 4 is 50.8 Å². The lowest BCUT2D eigenvalue weighted by Gasteiger charge is -2.30. The third kappa shape index (κ3) is 5.72. The third-order valence-corrected chi connectivity index (χ3v) is 14.5. The Morgan fingerprint density at radius 1 is 0.429 bits per heavy atom. The number of guanidine groups is 1. The van der Waals surface area contributed by atoms with Crippen LogP contribution in [0.1, 0.15) is 151 Å². The second-order valence-corrected chi connectivity index (χ2v) is 20.4. The zero-order valence-electron chi connectivity index (χ0n) is 39.0. The van der Waals surface area contributed by atoms with E-state index in [2.05, 4.69) is 197 Å². The largest absolute Gasteiger partial charge is 0.281 e. The molecule has 0 amide bonds. The predicted octanol–water partition coefficient (Wildman–Crippen LogP) is 15.0. The normalized spacial score (nSPS) is 16.1. The molecule has 0 atom stereocenters. The molecule has 6 aromatic carbocycles. The summed E-state index contributed by atoms with van der Waals surface area (Å²) in [6, 6.07) is 40.4. The van der Waals surface area contributed by atoms with Crippen LogP contribution in [0.15, 0.2) is 114 Å². The van der Waals surface area contributed by atoms with Crippen LogP contribution in [0, 0.1) is 10.8 Å². The van der Waals surface area contributed by atoms with Crippen molar-refractivity contribution in [3.8, 4) is 22.3 Å². The van der Waals surface area contributed by atoms with Crippen LogP contribution in [0.2, 0.25) is 0 Å². The Hall–Kier alpha value is -6.27. The van der Waals surface area contributed by atoms with Crippen LogP contribution in [0.25, 0.3) is 44.1 Å². The van der Waals surface area contributed by atoms with E-state index in [9.17, 15) is 10.8 Å². The van der Waals surface area contributed by atoms with Gasteiger partial charge >= 0.3 is 0 Å². The van der Waals surface area contributed by atoms with E-state index in [4.69, 9.17) is 5.10 Å². The second kappa shape index (κ2) is 14.1. The lowest BCUT2D eigenvalue weighted by Crippen LogP contribution is -2.38. The molecule has 7 aromatic rings. The summed E-state index contributed by atoms with van der Waals surface area (Å²) in [6.45, 7) is 27.1. The summed E-state index contributed by atoms with van der Waals surface area (Å²) < 4.78 is 2.17. The number of amidine groups is 2. The molecule has 2 aliphatic carbocycles. The fourth-order valence-corrected chi connectivity index (χ4v) is 11.1. The van der Waals surface area contributed by atoms with Gasteiger partial charge in [-0.2, -0.15) is 0 Å². The van der Waals surface area contributed by atoms with E-state index in [0.29, 0.717) is 5.96 Å². The van der Waals surface area contributed by atoms with Gasteiger partial charge in [-0.1, -0.05) is 168 Å². The van der Waals surface area contributed by atoms with Gasteiger partial charge in [-0.15, -0.1) is 5.10 Å². The van der Waals surface area contributed by atoms with Crippen LogP contribution >= 0.6 is 0 Å². The molecule has 0 radical (unpaired) electrons. The molecule has 1 aromatic heterocycles. The standard InChI is InChI=1S/C57H60N6/c1-31(2)35-21-17-22-36(32(3)4)51(35)61-53(58)54(59)62(52-37(33(5)6)23-18-24-38(52)34(7)8)55(61)60-63-49-29-47-41(39-19-13-15-25-45(39)56(47,9)10)27-43(49)44-28-42-40-20-14-16-26-46(40)57(11,12)48(42)30-50(44)63/h13-34,58-59H,1-12H3. The molecule has 0 bridgehead atoms. The number of fused-ring (bicyclic) bond motifs is 9. The van der Waals surface area contributed by atoms with Gasteiger partial charge in [-0.05, 0) is 115 Å². The van der Waals surface area contributed by atoms with Crippen molar-refractivity contribution in [2.75, 3.05) is 9.80 Å². The van der Waals surface area contributed by atoms with E-state index in [-0.39, 0.29) is 46.2 Å². The van der Waals surface area contributed by atoms with E-state index >= 15 is 0 Å². The monoisotopic (exact) mass is 828 g/mol. The van der Waals surface area contributed by atoms with E-state index < -0.39 is 0 Å². The number of hydrogen-bond donors (Lipinski definition) is 2. The van der Waals surface area contributed by atoms with Gasteiger partial charge in [0.25, 0.3) is 0 Å². The molecule has 1 fully saturated rings. The molecular formula is C57H60N6. The Morgan fingerprint density at radius 2 is 0.778 bits per heavy atom. The highest BCUT2D eigenvalue weighted by Gasteiger charge is 2.45. The topological polar surface area (TPSA) is 71.5 Å². The van der Waals surface area contributed by atoms with Gasteiger partial charge in [-0.3, -0.25) is 20.6 Å². The summed E-state index contributed by atoms with van der Waals surface area (Å²) in [4.78, 5) is 4.01. The fourth-order valence-electron chi connectivity index (χ4n) is 11.1. The van der Waals surface area contributed by atoms with Crippen LogP contribution in [0.5, 0.6) is 0 Å². The van der Waals surface area contributed by atoms with Gasteiger partial charge in [-0.25, -0.2) is 4.68 Å². The average molecular weight is 829 g/mol. The van der Waals surface area contributed by atoms with Gasteiger partial charge in [0.15, 0.2) is 11.7 Å². The molecule has 0 spiro atoms. The maximum absolute atomic E-state index is 10.1. The van der Waals surface area contributed by atoms with E-state index in [1.165, 1.54) is 44.5 Å². The number of aromatic nitrogens is 1. The minimum atomic E-state index is -0.225. The van der Waals surface area contributed by atoms with Gasteiger partial charge in [0.05, 0.1) is 22.4 Å². The highest BCUT2D eigenvalue weighted by molar-refractivity contribution is 6.63. The number of benzene rings is 6. The molecule has 63 heavy (non-hydrogen) atoms. The first-order chi connectivity index (χ1) is 29.9. The Balaban J connectivity index is 1.37. The van der Waals surface area contributed by atoms with E-state index in [1.54, 1.807) is 0 Å². The van der Waals surface area contributed by atoms with Crippen LogP contribution in [0.4, 0.5) is 11.4 Å². The van der Waals surface area contributed by atoms with Gasteiger partial charge in [0.2, 0.25) is 5.96 Å². The maximum atomic E-state index is 10.1. The van der Waals surface area contributed by atoms with E-state index in [1.807, 2.05) is 9.80 Å². The Bertz CT molecular complexity index is 2870. The van der Waals surface area contributed by atoms with Crippen LogP contribution in [-0.2, 0) is 10.8 Å². The minimum Gasteiger partial charge on any atom is -0.281 e. The first-order valence-corrected chi connectivity index (χ1v) is 22.9. The molecule has 0 unspecified atom stereocenters. The second-order valence-electron chi connectivity index (χ2n) is 20.4. The average Bonchev–Trinajstić information content (AvgIpc) is 3.85. The molecule has 10 rings (SSSR count). The molecule has 318 valence electrons. The van der Waals surface area contributed by atoms with Gasteiger partial charge < -0.3 is 0 Å². The SMILES string of the molecule is CC(C)c1cccc(C(C)C)c1N1C(=N)C(=N)N(c2c(C(C)C)cccc2C(C)C)C1=Nn1c2cc3c(cc2c2cc4c(cc21)C(C)(C)c1ccccc1-4)-c1ccccc1C3(C)C. The van der Waals surface area contributed by atoms with Crippen molar-refractivity contribution in [2.45, 2.75) is 118 Å². The summed E-state index contributed by atoms with van der Waals surface area (Å²) in [5.74, 6) is 1.43. The quantitative estimate of drug-likeness (QED) is 0.168. The molecular weight excluding hydrogens is 769 g/mol. The summed E-state index contributed by atoms with van der Waals surface area (Å²) in [7, 11) is 0. The summed E-state index contributed by atoms with van der Waals surface area (Å²) in [5, 5.41) is 28.4.